The van der Waals surface area contributed by atoms with Crippen LogP contribution in [-0.2, 0) is 32.1 Å². The van der Waals surface area contributed by atoms with Crippen LogP contribution >= 0.6 is 0 Å². The number of hydrogen-bond donors (Lipinski definition) is 2. The SMILES string of the molecule is C[C@H]1COC(=O)[C@@H](Cc2ccccc2)CCC=CC[C@H](CC(=O)N(CCO)Cc2ccccc2)C(=O)N1. The van der Waals surface area contributed by atoms with E-state index in [0.29, 0.717) is 32.2 Å². The van der Waals surface area contributed by atoms with Gasteiger partial charge in [0.2, 0.25) is 11.8 Å². The Morgan fingerprint density at radius 1 is 1.00 bits per heavy atom. The first-order valence-electron chi connectivity index (χ1n) is 13.0. The molecule has 2 amide bonds. The average Bonchev–Trinajstić information content (AvgIpc) is 2.91. The predicted molar refractivity (Wildman–Crippen MR) is 142 cm³/mol. The van der Waals surface area contributed by atoms with E-state index in [0.717, 1.165) is 11.1 Å². The standard InChI is InChI=1S/C30H38N2O5/c1-23-22-37-30(36)27(19-24-11-5-2-6-12-24)16-10-4-9-15-26(29(35)31-23)20-28(34)32(17-18-33)21-25-13-7-3-8-14-25/h2-9,11-14,23,26-27,33H,10,15-22H2,1H3,(H,31,35)/t23-,26+,27+/m0/s1. The van der Waals surface area contributed by atoms with Crippen LogP contribution in [0.5, 0.6) is 0 Å². The van der Waals surface area contributed by atoms with Gasteiger partial charge >= 0.3 is 5.97 Å². The van der Waals surface area contributed by atoms with Gasteiger partial charge in [-0.1, -0.05) is 72.8 Å². The van der Waals surface area contributed by atoms with E-state index in [1.165, 1.54) is 0 Å². The van der Waals surface area contributed by atoms with E-state index >= 15 is 0 Å². The quantitative estimate of drug-likeness (QED) is 0.421. The highest BCUT2D eigenvalue weighted by Gasteiger charge is 2.27. The van der Waals surface area contributed by atoms with E-state index in [9.17, 15) is 19.5 Å². The van der Waals surface area contributed by atoms with Gasteiger partial charge in [0.15, 0.2) is 0 Å². The Kier molecular flexibility index (Phi) is 11.4. The lowest BCUT2D eigenvalue weighted by molar-refractivity contribution is -0.150. The fourth-order valence-electron chi connectivity index (χ4n) is 4.44. The molecule has 1 aliphatic rings. The van der Waals surface area contributed by atoms with Crippen LogP contribution in [0, 0.1) is 11.8 Å². The zero-order chi connectivity index (χ0) is 26.5. The summed E-state index contributed by atoms with van der Waals surface area (Å²) >= 11 is 0. The summed E-state index contributed by atoms with van der Waals surface area (Å²) in [6, 6.07) is 19.1. The van der Waals surface area contributed by atoms with E-state index in [-0.39, 0.29) is 55.9 Å². The average molecular weight is 507 g/mol. The van der Waals surface area contributed by atoms with Gasteiger partial charge < -0.3 is 20.1 Å². The molecule has 0 fully saturated rings. The van der Waals surface area contributed by atoms with Crippen molar-refractivity contribution >= 4 is 17.8 Å². The van der Waals surface area contributed by atoms with E-state index in [2.05, 4.69) is 5.32 Å². The number of ether oxygens (including phenoxy) is 1. The van der Waals surface area contributed by atoms with Crippen LogP contribution in [-0.4, -0.2) is 53.6 Å². The fourth-order valence-corrected chi connectivity index (χ4v) is 4.44. The maximum Gasteiger partial charge on any atom is 0.309 e. The molecule has 7 heteroatoms. The zero-order valence-corrected chi connectivity index (χ0v) is 21.6. The molecule has 0 spiro atoms. The van der Waals surface area contributed by atoms with Gasteiger partial charge in [-0.15, -0.1) is 0 Å². The van der Waals surface area contributed by atoms with Crippen molar-refractivity contribution in [3.05, 3.63) is 83.9 Å². The van der Waals surface area contributed by atoms with Crippen LogP contribution in [0.15, 0.2) is 72.8 Å². The minimum atomic E-state index is -0.556. The molecule has 0 unspecified atom stereocenters. The monoisotopic (exact) mass is 506 g/mol. The maximum atomic E-state index is 13.2. The largest absolute Gasteiger partial charge is 0.463 e. The van der Waals surface area contributed by atoms with E-state index in [4.69, 9.17) is 4.74 Å². The van der Waals surface area contributed by atoms with E-state index in [1.807, 2.05) is 72.8 Å². The molecular weight excluding hydrogens is 468 g/mol. The van der Waals surface area contributed by atoms with Gasteiger partial charge in [0.1, 0.15) is 6.61 Å². The number of amides is 2. The number of aliphatic hydroxyl groups is 1. The van der Waals surface area contributed by atoms with Crippen molar-refractivity contribution in [2.24, 2.45) is 11.8 Å². The molecule has 0 bridgehead atoms. The second kappa shape index (κ2) is 15.0. The van der Waals surface area contributed by atoms with Gasteiger partial charge in [-0.2, -0.15) is 0 Å². The smallest absolute Gasteiger partial charge is 0.309 e. The Bertz CT molecular complexity index is 1020. The summed E-state index contributed by atoms with van der Waals surface area (Å²) in [5, 5.41) is 12.4. The molecule has 7 nitrogen and oxygen atoms in total. The summed E-state index contributed by atoms with van der Waals surface area (Å²) in [5.41, 5.74) is 2.05. The van der Waals surface area contributed by atoms with Crippen molar-refractivity contribution in [3.8, 4) is 0 Å². The van der Waals surface area contributed by atoms with Crippen LogP contribution in [0.3, 0.4) is 0 Å². The number of benzene rings is 2. The minimum absolute atomic E-state index is 0.0339. The third kappa shape index (κ3) is 9.50. The van der Waals surface area contributed by atoms with Crippen LogP contribution in [0.1, 0.15) is 43.7 Å². The molecule has 1 aliphatic heterocycles. The molecule has 0 aromatic heterocycles. The number of allylic oxidation sites excluding steroid dienone is 2. The number of aliphatic hydroxyl groups excluding tert-OH is 1. The Hall–Kier alpha value is -3.45. The Morgan fingerprint density at radius 3 is 2.35 bits per heavy atom. The summed E-state index contributed by atoms with van der Waals surface area (Å²) in [6.07, 6.45) is 6.28. The summed E-state index contributed by atoms with van der Waals surface area (Å²) in [7, 11) is 0. The highest BCUT2D eigenvalue weighted by molar-refractivity contribution is 5.86. The van der Waals surface area contributed by atoms with Crippen molar-refractivity contribution in [2.75, 3.05) is 19.8 Å². The summed E-state index contributed by atoms with van der Waals surface area (Å²) < 4.78 is 5.57. The van der Waals surface area contributed by atoms with Crippen molar-refractivity contribution < 1.29 is 24.2 Å². The van der Waals surface area contributed by atoms with Crippen molar-refractivity contribution in [1.29, 1.82) is 0 Å². The normalized spacial score (nSPS) is 21.1. The van der Waals surface area contributed by atoms with Gasteiger partial charge in [-0.05, 0) is 43.7 Å². The first-order valence-corrected chi connectivity index (χ1v) is 13.0. The molecule has 2 aromatic rings. The van der Waals surface area contributed by atoms with Crippen molar-refractivity contribution in [1.82, 2.24) is 10.2 Å². The predicted octanol–water partition coefficient (Wildman–Crippen LogP) is 3.66. The van der Waals surface area contributed by atoms with Crippen LogP contribution in [0.4, 0.5) is 0 Å². The number of esters is 1. The fraction of sp³-hybridized carbons (Fsp3) is 0.433. The third-order valence-corrected chi connectivity index (χ3v) is 6.52. The lowest BCUT2D eigenvalue weighted by atomic mass is 9.94. The van der Waals surface area contributed by atoms with E-state index in [1.54, 1.807) is 11.8 Å². The molecule has 37 heavy (non-hydrogen) atoms. The van der Waals surface area contributed by atoms with Gasteiger partial charge in [0.25, 0.3) is 0 Å². The molecule has 3 atom stereocenters. The molecule has 3 rings (SSSR count). The molecule has 2 N–H and O–H groups in total. The van der Waals surface area contributed by atoms with Gasteiger partial charge in [0.05, 0.1) is 24.5 Å². The highest BCUT2D eigenvalue weighted by Crippen LogP contribution is 2.19. The van der Waals surface area contributed by atoms with Crippen LogP contribution in [0.25, 0.3) is 0 Å². The van der Waals surface area contributed by atoms with Gasteiger partial charge in [0, 0.05) is 19.5 Å². The summed E-state index contributed by atoms with van der Waals surface area (Å²) in [5.74, 6) is -1.51. The number of cyclic esters (lactones) is 1. The first kappa shape index (κ1) is 28.1. The molecule has 198 valence electrons. The maximum absolute atomic E-state index is 13.2. The lowest BCUT2D eigenvalue weighted by Gasteiger charge is -2.25. The van der Waals surface area contributed by atoms with Crippen molar-refractivity contribution in [2.45, 2.75) is 51.6 Å². The molecule has 0 radical (unpaired) electrons. The third-order valence-electron chi connectivity index (χ3n) is 6.52. The molecule has 0 saturated carbocycles. The molecule has 2 aromatic carbocycles. The van der Waals surface area contributed by atoms with Gasteiger partial charge in [-0.3, -0.25) is 14.4 Å². The molecule has 0 aliphatic carbocycles. The lowest BCUT2D eigenvalue weighted by Crippen LogP contribution is -2.42. The number of hydrogen-bond acceptors (Lipinski definition) is 5. The number of rotatable bonds is 8. The molecule has 0 saturated heterocycles. The number of carbonyl (C=O) groups is 3. The first-order chi connectivity index (χ1) is 18.0. The summed E-state index contributed by atoms with van der Waals surface area (Å²) in [6.45, 7) is 2.29. The molecular formula is C30H38N2O5. The topological polar surface area (TPSA) is 95.9 Å². The Balaban J connectivity index is 1.67. The van der Waals surface area contributed by atoms with E-state index < -0.39 is 5.92 Å². The summed E-state index contributed by atoms with van der Waals surface area (Å²) in [4.78, 5) is 40.7. The second-order valence-electron chi connectivity index (χ2n) is 9.64. The second-order valence-corrected chi connectivity index (χ2v) is 9.64. The van der Waals surface area contributed by atoms with Crippen molar-refractivity contribution in [3.63, 3.8) is 0 Å². The number of nitrogens with zero attached hydrogens (tertiary/aromatic N) is 1. The minimum Gasteiger partial charge on any atom is -0.463 e. The highest BCUT2D eigenvalue weighted by atomic mass is 16.5. The Morgan fingerprint density at radius 2 is 1.68 bits per heavy atom. The van der Waals surface area contributed by atoms with Crippen LogP contribution < -0.4 is 5.32 Å². The van der Waals surface area contributed by atoms with Gasteiger partial charge in [-0.25, -0.2) is 0 Å². The van der Waals surface area contributed by atoms with Crippen LogP contribution in [0.2, 0.25) is 0 Å². The number of carbonyl (C=O) groups excluding carboxylic acids is 3. The molecule has 1 heterocycles. The Labute approximate surface area is 219 Å². The zero-order valence-electron chi connectivity index (χ0n) is 21.6. The number of nitrogens with one attached hydrogen (secondary N) is 1.